The van der Waals surface area contributed by atoms with Gasteiger partial charge in [0.05, 0.1) is 6.61 Å². The standard InChI is InChI=1S/C8H15O3Si/c1-4-8(9)11-6-5-7-12(3)10-2/h4H,1,5-7H2,2-3H3. The quantitative estimate of drug-likeness (QED) is 0.273. The van der Waals surface area contributed by atoms with Gasteiger partial charge in [-0.05, 0) is 19.0 Å². The second-order valence-corrected chi connectivity index (χ2v) is 4.69. The zero-order valence-electron chi connectivity index (χ0n) is 7.63. The minimum absolute atomic E-state index is 0.350. The molecule has 0 rings (SSSR count). The van der Waals surface area contributed by atoms with Gasteiger partial charge in [0.1, 0.15) is 0 Å². The first-order chi connectivity index (χ1) is 5.70. The zero-order valence-corrected chi connectivity index (χ0v) is 8.63. The summed E-state index contributed by atoms with van der Waals surface area (Å²) in [6.45, 7) is 5.85. The molecule has 1 radical (unpaired) electrons. The fraction of sp³-hybridized carbons (Fsp3) is 0.625. The topological polar surface area (TPSA) is 35.5 Å². The molecule has 0 N–H and O–H groups in total. The summed E-state index contributed by atoms with van der Waals surface area (Å²) < 4.78 is 9.91. The van der Waals surface area contributed by atoms with Gasteiger partial charge in [-0.25, -0.2) is 4.79 Å². The molecule has 0 bridgehead atoms. The molecule has 0 aromatic carbocycles. The molecule has 0 aromatic heterocycles. The van der Waals surface area contributed by atoms with Crippen LogP contribution in [-0.4, -0.2) is 28.7 Å². The van der Waals surface area contributed by atoms with E-state index in [-0.39, 0.29) is 5.97 Å². The predicted octanol–water partition coefficient (Wildman–Crippen LogP) is 1.37. The molecule has 0 unspecified atom stereocenters. The van der Waals surface area contributed by atoms with Crippen molar-refractivity contribution in [1.82, 2.24) is 0 Å². The number of carbonyl (C=O) groups excluding carboxylic acids is 1. The second kappa shape index (κ2) is 7.06. The molecule has 0 amide bonds. The largest absolute Gasteiger partial charge is 0.463 e. The molecule has 0 heterocycles. The molecule has 0 aliphatic rings. The van der Waals surface area contributed by atoms with Crippen LogP contribution in [0.4, 0.5) is 0 Å². The number of esters is 1. The normalized spacial score (nSPS) is 9.92. The molecule has 0 saturated carbocycles. The van der Waals surface area contributed by atoms with Crippen molar-refractivity contribution < 1.29 is 14.0 Å². The SMILES string of the molecule is C=CC(=O)OCCC[Si](C)OC. The van der Waals surface area contributed by atoms with Gasteiger partial charge in [-0.1, -0.05) is 6.58 Å². The first kappa shape index (κ1) is 11.4. The second-order valence-electron chi connectivity index (χ2n) is 2.38. The predicted molar refractivity (Wildman–Crippen MR) is 49.2 cm³/mol. The van der Waals surface area contributed by atoms with Crippen molar-refractivity contribution in [1.29, 1.82) is 0 Å². The van der Waals surface area contributed by atoms with Crippen LogP contribution >= 0.6 is 0 Å². The maximum atomic E-state index is 10.6. The molecular formula is C8H15O3Si. The minimum Gasteiger partial charge on any atom is -0.463 e. The van der Waals surface area contributed by atoms with Gasteiger partial charge >= 0.3 is 5.97 Å². The highest BCUT2D eigenvalue weighted by Crippen LogP contribution is 1.98. The molecule has 3 nitrogen and oxygen atoms in total. The summed E-state index contributed by atoms with van der Waals surface area (Å²) >= 11 is 0. The van der Waals surface area contributed by atoms with Crippen LogP contribution in [0.2, 0.25) is 12.6 Å². The molecule has 0 spiro atoms. The van der Waals surface area contributed by atoms with Crippen LogP contribution in [0.25, 0.3) is 0 Å². The van der Waals surface area contributed by atoms with Gasteiger partial charge in [0.15, 0.2) is 0 Å². The van der Waals surface area contributed by atoms with Crippen molar-refractivity contribution >= 4 is 15.0 Å². The van der Waals surface area contributed by atoms with Gasteiger partial charge in [-0.2, -0.15) is 0 Å². The van der Waals surface area contributed by atoms with Crippen LogP contribution in [0.5, 0.6) is 0 Å². The van der Waals surface area contributed by atoms with Gasteiger partial charge in [0.25, 0.3) is 0 Å². The van der Waals surface area contributed by atoms with Crippen LogP contribution in [0.3, 0.4) is 0 Å². The summed E-state index contributed by atoms with van der Waals surface area (Å²) in [5.74, 6) is -0.350. The van der Waals surface area contributed by atoms with E-state index in [1.807, 2.05) is 0 Å². The molecular weight excluding hydrogens is 172 g/mol. The highest BCUT2D eigenvalue weighted by molar-refractivity contribution is 6.50. The maximum Gasteiger partial charge on any atom is 0.330 e. The summed E-state index contributed by atoms with van der Waals surface area (Å²) in [6.07, 6.45) is 2.05. The van der Waals surface area contributed by atoms with E-state index in [0.29, 0.717) is 6.61 Å². The maximum absolute atomic E-state index is 10.6. The van der Waals surface area contributed by atoms with Gasteiger partial charge < -0.3 is 9.16 Å². The third-order valence-electron chi connectivity index (χ3n) is 1.43. The monoisotopic (exact) mass is 187 g/mol. The Balaban J connectivity index is 3.21. The number of carbonyl (C=O) groups is 1. The molecule has 4 heteroatoms. The smallest absolute Gasteiger partial charge is 0.330 e. The van der Waals surface area contributed by atoms with E-state index in [1.165, 1.54) is 6.08 Å². The fourth-order valence-corrected chi connectivity index (χ4v) is 1.50. The first-order valence-corrected chi connectivity index (χ1v) is 5.98. The van der Waals surface area contributed by atoms with E-state index in [4.69, 9.17) is 9.16 Å². The molecule has 0 aromatic rings. The van der Waals surface area contributed by atoms with Gasteiger partial charge in [0, 0.05) is 13.2 Å². The number of hydrogen-bond acceptors (Lipinski definition) is 3. The Morgan fingerprint density at radius 1 is 1.67 bits per heavy atom. The van der Waals surface area contributed by atoms with E-state index in [0.717, 1.165) is 12.5 Å². The van der Waals surface area contributed by atoms with Gasteiger partial charge in [-0.3, -0.25) is 0 Å². The molecule has 69 valence electrons. The fourth-order valence-electron chi connectivity index (χ4n) is 0.655. The van der Waals surface area contributed by atoms with Gasteiger partial charge in [0.2, 0.25) is 9.04 Å². The zero-order chi connectivity index (χ0) is 9.40. The van der Waals surface area contributed by atoms with Crippen molar-refractivity contribution in [2.45, 2.75) is 19.0 Å². The van der Waals surface area contributed by atoms with Crippen molar-refractivity contribution in [2.75, 3.05) is 13.7 Å². The number of rotatable bonds is 6. The Bertz CT molecular complexity index is 147. The highest BCUT2D eigenvalue weighted by atomic mass is 28.3. The summed E-state index contributed by atoms with van der Waals surface area (Å²) in [5, 5.41) is 0. The Hall–Kier alpha value is -0.613. The Kier molecular flexibility index (Phi) is 6.70. The summed E-state index contributed by atoms with van der Waals surface area (Å²) in [6, 6.07) is 1.01. The molecule has 0 aliphatic heterocycles. The highest BCUT2D eigenvalue weighted by Gasteiger charge is 2.03. The lowest BCUT2D eigenvalue weighted by Crippen LogP contribution is -2.11. The Morgan fingerprint density at radius 2 is 2.33 bits per heavy atom. The third-order valence-corrected chi connectivity index (χ3v) is 3.19. The van der Waals surface area contributed by atoms with Crippen LogP contribution in [0, 0.1) is 0 Å². The van der Waals surface area contributed by atoms with Gasteiger partial charge in [-0.15, -0.1) is 0 Å². The van der Waals surface area contributed by atoms with Crippen LogP contribution in [-0.2, 0) is 14.0 Å². The van der Waals surface area contributed by atoms with E-state index < -0.39 is 9.04 Å². The lowest BCUT2D eigenvalue weighted by atomic mass is 10.5. The molecule has 0 fully saturated rings. The van der Waals surface area contributed by atoms with Crippen molar-refractivity contribution in [2.24, 2.45) is 0 Å². The lowest BCUT2D eigenvalue weighted by molar-refractivity contribution is -0.137. The molecule has 0 saturated heterocycles. The summed E-state index contributed by atoms with van der Waals surface area (Å²) in [7, 11) is 1.06. The van der Waals surface area contributed by atoms with Crippen molar-refractivity contribution in [3.8, 4) is 0 Å². The summed E-state index contributed by atoms with van der Waals surface area (Å²) in [4.78, 5) is 10.6. The van der Waals surface area contributed by atoms with Crippen LogP contribution in [0.15, 0.2) is 12.7 Å². The Labute approximate surface area is 75.1 Å². The van der Waals surface area contributed by atoms with Crippen LogP contribution in [0.1, 0.15) is 6.42 Å². The van der Waals surface area contributed by atoms with Crippen LogP contribution < -0.4 is 0 Å². The Morgan fingerprint density at radius 3 is 2.83 bits per heavy atom. The van der Waals surface area contributed by atoms with E-state index in [9.17, 15) is 4.79 Å². The molecule has 12 heavy (non-hydrogen) atoms. The minimum atomic E-state index is -0.650. The van der Waals surface area contributed by atoms with E-state index >= 15 is 0 Å². The number of ether oxygens (including phenoxy) is 1. The van der Waals surface area contributed by atoms with E-state index in [1.54, 1.807) is 7.11 Å². The van der Waals surface area contributed by atoms with E-state index in [2.05, 4.69) is 13.1 Å². The third kappa shape index (κ3) is 6.12. The lowest BCUT2D eigenvalue weighted by Gasteiger charge is -2.05. The number of hydrogen-bond donors (Lipinski definition) is 0. The summed E-state index contributed by atoms with van der Waals surface area (Å²) in [5.41, 5.74) is 0. The molecule has 0 atom stereocenters. The van der Waals surface area contributed by atoms with Crippen molar-refractivity contribution in [3.63, 3.8) is 0 Å². The molecule has 0 aliphatic carbocycles. The average molecular weight is 187 g/mol. The van der Waals surface area contributed by atoms with Crippen molar-refractivity contribution in [3.05, 3.63) is 12.7 Å². The first-order valence-electron chi connectivity index (χ1n) is 3.86. The average Bonchev–Trinajstić information content (AvgIpc) is 2.11.